The summed E-state index contributed by atoms with van der Waals surface area (Å²) in [4.78, 5) is 0. The van der Waals surface area contributed by atoms with Gasteiger partial charge in [-0.15, -0.1) is 0 Å². The van der Waals surface area contributed by atoms with E-state index in [1.165, 1.54) is 19.1 Å². The lowest BCUT2D eigenvalue weighted by Crippen LogP contribution is -2.09. The molecule has 17 heavy (non-hydrogen) atoms. The van der Waals surface area contributed by atoms with Crippen LogP contribution in [0.25, 0.3) is 0 Å². The third-order valence-electron chi connectivity index (χ3n) is 3.84. The number of aryl methyl sites for hydroxylation is 1. The van der Waals surface area contributed by atoms with Crippen LogP contribution in [0.1, 0.15) is 36.5 Å². The van der Waals surface area contributed by atoms with Gasteiger partial charge in [0, 0.05) is 12.0 Å². The molecule has 1 aliphatic carbocycles. The molecule has 4 heteroatoms. The van der Waals surface area contributed by atoms with Gasteiger partial charge in [0.15, 0.2) is 0 Å². The van der Waals surface area contributed by atoms with Crippen LogP contribution in [0.4, 0.5) is 13.2 Å². The molecule has 0 bridgehead atoms. The standard InChI is InChI=1S/C13H16F3N/c1-7-4-5-8(6-9(7)13(14,15)16)10-11(17)12(10,2)3/h4-6,10-11H,17H2,1-3H3/t10-,11-/m0/s1. The lowest BCUT2D eigenvalue weighted by molar-refractivity contribution is -0.138. The molecule has 1 aliphatic rings. The fourth-order valence-electron chi connectivity index (χ4n) is 2.45. The van der Waals surface area contributed by atoms with E-state index in [0.717, 1.165) is 0 Å². The number of halogens is 3. The van der Waals surface area contributed by atoms with E-state index >= 15 is 0 Å². The van der Waals surface area contributed by atoms with Gasteiger partial charge in [-0.3, -0.25) is 0 Å². The van der Waals surface area contributed by atoms with Gasteiger partial charge in [-0.25, -0.2) is 0 Å². The molecule has 0 aliphatic heterocycles. The van der Waals surface area contributed by atoms with Crippen molar-refractivity contribution in [2.75, 3.05) is 0 Å². The number of nitrogens with two attached hydrogens (primary N) is 1. The summed E-state index contributed by atoms with van der Waals surface area (Å²) < 4.78 is 38.3. The van der Waals surface area contributed by atoms with Gasteiger partial charge >= 0.3 is 6.18 Å². The minimum absolute atomic E-state index is 0.0317. The largest absolute Gasteiger partial charge is 0.416 e. The predicted molar refractivity (Wildman–Crippen MR) is 60.7 cm³/mol. The summed E-state index contributed by atoms with van der Waals surface area (Å²) in [6.07, 6.45) is -4.29. The molecule has 1 fully saturated rings. The van der Waals surface area contributed by atoms with Crippen molar-refractivity contribution in [3.8, 4) is 0 Å². The quantitative estimate of drug-likeness (QED) is 0.803. The van der Waals surface area contributed by atoms with Crippen LogP contribution in [0, 0.1) is 12.3 Å². The number of hydrogen-bond acceptors (Lipinski definition) is 1. The van der Waals surface area contributed by atoms with Crippen molar-refractivity contribution in [1.82, 2.24) is 0 Å². The van der Waals surface area contributed by atoms with Crippen LogP contribution >= 0.6 is 0 Å². The van der Waals surface area contributed by atoms with E-state index in [1.807, 2.05) is 13.8 Å². The van der Waals surface area contributed by atoms with Gasteiger partial charge in [0.05, 0.1) is 5.56 Å². The van der Waals surface area contributed by atoms with Crippen molar-refractivity contribution < 1.29 is 13.2 Å². The Morgan fingerprint density at radius 2 is 1.76 bits per heavy atom. The van der Waals surface area contributed by atoms with Gasteiger partial charge in [-0.05, 0) is 29.5 Å². The summed E-state index contributed by atoms with van der Waals surface area (Å²) in [7, 11) is 0. The third-order valence-corrected chi connectivity index (χ3v) is 3.84. The molecule has 94 valence electrons. The van der Waals surface area contributed by atoms with Crippen molar-refractivity contribution in [3.05, 3.63) is 34.9 Å². The first-order valence-electron chi connectivity index (χ1n) is 5.59. The third kappa shape index (κ3) is 1.95. The van der Waals surface area contributed by atoms with Crippen LogP contribution < -0.4 is 5.73 Å². The van der Waals surface area contributed by atoms with Crippen molar-refractivity contribution in [2.45, 2.75) is 38.9 Å². The molecule has 0 heterocycles. The highest BCUT2D eigenvalue weighted by Crippen LogP contribution is 2.57. The highest BCUT2D eigenvalue weighted by atomic mass is 19.4. The average Bonchev–Trinajstić information content (AvgIpc) is 2.66. The SMILES string of the molecule is Cc1ccc([C@H]2[C@H](N)C2(C)C)cc1C(F)(F)F. The first-order valence-corrected chi connectivity index (χ1v) is 5.59. The summed E-state index contributed by atoms with van der Waals surface area (Å²) in [5.41, 5.74) is 6.19. The Bertz CT molecular complexity index is 448. The Kier molecular flexibility index (Phi) is 2.54. The predicted octanol–water partition coefficient (Wildman–Crippen LogP) is 3.46. The number of alkyl halides is 3. The molecule has 0 spiro atoms. The van der Waals surface area contributed by atoms with Gasteiger partial charge in [0.2, 0.25) is 0 Å². The zero-order chi connectivity index (χ0) is 13.0. The van der Waals surface area contributed by atoms with Crippen LogP contribution in [0.2, 0.25) is 0 Å². The average molecular weight is 243 g/mol. The normalized spacial score (nSPS) is 27.0. The smallest absolute Gasteiger partial charge is 0.327 e. The van der Waals surface area contributed by atoms with Crippen LogP contribution in [-0.2, 0) is 6.18 Å². The Hall–Kier alpha value is -1.03. The highest BCUT2D eigenvalue weighted by Gasteiger charge is 2.56. The maximum absolute atomic E-state index is 12.8. The lowest BCUT2D eigenvalue weighted by atomic mass is 9.98. The summed E-state index contributed by atoms with van der Waals surface area (Å²) in [6.45, 7) is 5.44. The first-order chi connectivity index (χ1) is 7.65. The molecule has 2 atom stereocenters. The van der Waals surface area contributed by atoms with E-state index in [1.54, 1.807) is 6.07 Å². The number of rotatable bonds is 1. The molecule has 0 amide bonds. The molecule has 0 saturated heterocycles. The zero-order valence-corrected chi connectivity index (χ0v) is 10.1. The maximum Gasteiger partial charge on any atom is 0.416 e. The number of benzene rings is 1. The summed E-state index contributed by atoms with van der Waals surface area (Å²) in [6, 6.07) is 4.48. The van der Waals surface area contributed by atoms with Crippen LogP contribution in [0.3, 0.4) is 0 Å². The molecular weight excluding hydrogens is 227 g/mol. The van der Waals surface area contributed by atoms with Crippen molar-refractivity contribution >= 4 is 0 Å². The Morgan fingerprint density at radius 3 is 2.18 bits per heavy atom. The molecule has 1 nitrogen and oxygen atoms in total. The second kappa shape index (κ2) is 3.48. The highest BCUT2D eigenvalue weighted by molar-refractivity contribution is 5.40. The molecule has 0 radical (unpaired) electrons. The van der Waals surface area contributed by atoms with Gasteiger partial charge in [-0.1, -0.05) is 26.0 Å². The van der Waals surface area contributed by atoms with E-state index in [9.17, 15) is 13.2 Å². The van der Waals surface area contributed by atoms with Gasteiger partial charge in [0.25, 0.3) is 0 Å². The fourth-order valence-corrected chi connectivity index (χ4v) is 2.45. The molecular formula is C13H16F3N. The van der Waals surface area contributed by atoms with Gasteiger partial charge in [-0.2, -0.15) is 13.2 Å². The maximum atomic E-state index is 12.8. The van der Waals surface area contributed by atoms with Crippen molar-refractivity contribution in [3.63, 3.8) is 0 Å². The molecule has 1 aromatic carbocycles. The van der Waals surface area contributed by atoms with Gasteiger partial charge < -0.3 is 5.73 Å². The van der Waals surface area contributed by atoms with E-state index in [2.05, 4.69) is 0 Å². The summed E-state index contributed by atoms with van der Waals surface area (Å²) in [5.74, 6) is 0.0317. The number of hydrogen-bond donors (Lipinski definition) is 1. The van der Waals surface area contributed by atoms with Crippen molar-refractivity contribution in [1.29, 1.82) is 0 Å². The zero-order valence-electron chi connectivity index (χ0n) is 10.1. The fraction of sp³-hybridized carbons (Fsp3) is 0.538. The van der Waals surface area contributed by atoms with E-state index in [4.69, 9.17) is 5.73 Å². The molecule has 0 aromatic heterocycles. The Morgan fingerprint density at radius 1 is 1.24 bits per heavy atom. The molecule has 1 aromatic rings. The molecule has 1 saturated carbocycles. The molecule has 2 rings (SSSR count). The van der Waals surface area contributed by atoms with E-state index in [0.29, 0.717) is 5.56 Å². The molecule has 2 N–H and O–H groups in total. The Balaban J connectivity index is 2.40. The lowest BCUT2D eigenvalue weighted by Gasteiger charge is -2.12. The monoisotopic (exact) mass is 243 g/mol. The first kappa shape index (κ1) is 12.4. The minimum Gasteiger partial charge on any atom is -0.327 e. The minimum atomic E-state index is -4.29. The van der Waals surface area contributed by atoms with Crippen molar-refractivity contribution in [2.24, 2.45) is 11.1 Å². The van der Waals surface area contributed by atoms with Crippen LogP contribution in [-0.4, -0.2) is 6.04 Å². The topological polar surface area (TPSA) is 26.0 Å². The Labute approximate surface area is 98.8 Å². The van der Waals surface area contributed by atoms with Crippen LogP contribution in [0.15, 0.2) is 18.2 Å². The molecule has 0 unspecified atom stereocenters. The second-order valence-electron chi connectivity index (χ2n) is 5.40. The van der Waals surface area contributed by atoms with Crippen LogP contribution in [0.5, 0.6) is 0 Å². The summed E-state index contributed by atoms with van der Waals surface area (Å²) in [5, 5.41) is 0. The summed E-state index contributed by atoms with van der Waals surface area (Å²) >= 11 is 0. The van der Waals surface area contributed by atoms with Gasteiger partial charge in [0.1, 0.15) is 0 Å². The second-order valence-corrected chi connectivity index (χ2v) is 5.40. The van der Waals surface area contributed by atoms with E-state index < -0.39 is 11.7 Å². The van der Waals surface area contributed by atoms with E-state index in [-0.39, 0.29) is 22.9 Å².